The normalized spacial score (nSPS) is 32.4. The Hall–Kier alpha value is -0.590. The second kappa shape index (κ2) is 5.65. The predicted octanol–water partition coefficient (Wildman–Crippen LogP) is 4.73. The van der Waals surface area contributed by atoms with Crippen molar-refractivity contribution in [2.45, 2.75) is 65.2 Å². The smallest absolute Gasteiger partial charge is 0.0259 e. The van der Waals surface area contributed by atoms with Crippen molar-refractivity contribution >= 4 is 5.71 Å². The van der Waals surface area contributed by atoms with Gasteiger partial charge in [0.05, 0.1) is 0 Å². The van der Waals surface area contributed by atoms with E-state index >= 15 is 0 Å². The molecule has 0 aromatic carbocycles. The fraction of sp³-hybridized carbons (Fsp3) is 0.800. The van der Waals surface area contributed by atoms with Crippen LogP contribution in [0.2, 0.25) is 0 Å². The van der Waals surface area contributed by atoms with Crippen molar-refractivity contribution in [2.24, 2.45) is 16.8 Å². The van der Waals surface area contributed by atoms with Gasteiger partial charge in [0.1, 0.15) is 0 Å². The standard InChI is InChI=1S/C15H25N/c1-12-11-16-13(2)15-10-8-6-4-3-5-7-9-14(12)15/h11,14-15H,3-10H2,1-2H3. The number of rotatable bonds is 0. The fourth-order valence-corrected chi connectivity index (χ4v) is 3.28. The maximum atomic E-state index is 4.58. The summed E-state index contributed by atoms with van der Waals surface area (Å²) in [6.07, 6.45) is 13.5. The zero-order chi connectivity index (χ0) is 11.4. The summed E-state index contributed by atoms with van der Waals surface area (Å²) in [6, 6.07) is 0. The Balaban J connectivity index is 2.08. The molecule has 2 rings (SSSR count). The Morgan fingerprint density at radius 3 is 2.12 bits per heavy atom. The van der Waals surface area contributed by atoms with Crippen LogP contribution < -0.4 is 0 Å². The van der Waals surface area contributed by atoms with Gasteiger partial charge in [-0.25, -0.2) is 0 Å². The molecule has 0 N–H and O–H groups in total. The molecule has 0 aromatic rings. The lowest BCUT2D eigenvalue weighted by molar-refractivity contribution is 0.370. The predicted molar refractivity (Wildman–Crippen MR) is 70.8 cm³/mol. The van der Waals surface area contributed by atoms with Crippen LogP contribution in [-0.4, -0.2) is 5.71 Å². The second-order valence-corrected chi connectivity index (χ2v) is 5.56. The molecule has 1 saturated carbocycles. The average molecular weight is 219 g/mol. The minimum atomic E-state index is 0.753. The van der Waals surface area contributed by atoms with Crippen molar-refractivity contribution in [1.82, 2.24) is 0 Å². The number of hydrogen-bond donors (Lipinski definition) is 0. The molecule has 0 spiro atoms. The molecule has 2 atom stereocenters. The van der Waals surface area contributed by atoms with E-state index in [1.54, 1.807) is 0 Å². The van der Waals surface area contributed by atoms with Crippen molar-refractivity contribution in [1.29, 1.82) is 0 Å². The minimum Gasteiger partial charge on any atom is -0.266 e. The Morgan fingerprint density at radius 1 is 0.875 bits per heavy atom. The zero-order valence-electron chi connectivity index (χ0n) is 10.8. The Morgan fingerprint density at radius 2 is 1.44 bits per heavy atom. The molecule has 2 unspecified atom stereocenters. The molecule has 0 bridgehead atoms. The second-order valence-electron chi connectivity index (χ2n) is 5.56. The van der Waals surface area contributed by atoms with E-state index in [2.05, 4.69) is 25.0 Å². The van der Waals surface area contributed by atoms with E-state index in [1.807, 2.05) is 0 Å². The molecule has 1 aliphatic heterocycles. The monoisotopic (exact) mass is 219 g/mol. The van der Waals surface area contributed by atoms with Crippen molar-refractivity contribution in [3.63, 3.8) is 0 Å². The van der Waals surface area contributed by atoms with E-state index < -0.39 is 0 Å². The molecule has 1 heterocycles. The first-order valence-electron chi connectivity index (χ1n) is 7.00. The van der Waals surface area contributed by atoms with E-state index in [4.69, 9.17) is 0 Å². The van der Waals surface area contributed by atoms with Crippen LogP contribution in [0, 0.1) is 11.8 Å². The topological polar surface area (TPSA) is 12.4 Å². The van der Waals surface area contributed by atoms with E-state index in [0.29, 0.717) is 0 Å². The first-order valence-corrected chi connectivity index (χ1v) is 7.00. The van der Waals surface area contributed by atoms with Gasteiger partial charge in [0, 0.05) is 17.8 Å². The summed E-state index contributed by atoms with van der Waals surface area (Å²) >= 11 is 0. The highest BCUT2D eigenvalue weighted by Crippen LogP contribution is 2.35. The van der Waals surface area contributed by atoms with Gasteiger partial charge in [-0.2, -0.15) is 0 Å². The third kappa shape index (κ3) is 2.75. The quantitative estimate of drug-likeness (QED) is 0.558. The molecule has 16 heavy (non-hydrogen) atoms. The van der Waals surface area contributed by atoms with Gasteiger partial charge in [-0.3, -0.25) is 4.99 Å². The summed E-state index contributed by atoms with van der Waals surface area (Å²) in [4.78, 5) is 4.58. The Kier molecular flexibility index (Phi) is 4.20. The highest BCUT2D eigenvalue weighted by molar-refractivity contribution is 5.86. The van der Waals surface area contributed by atoms with Crippen LogP contribution in [-0.2, 0) is 0 Å². The van der Waals surface area contributed by atoms with E-state index in [-0.39, 0.29) is 0 Å². The summed E-state index contributed by atoms with van der Waals surface area (Å²) in [5.74, 6) is 1.55. The van der Waals surface area contributed by atoms with Crippen molar-refractivity contribution in [3.05, 3.63) is 11.8 Å². The highest BCUT2D eigenvalue weighted by atomic mass is 14.7. The van der Waals surface area contributed by atoms with Crippen LogP contribution in [0.5, 0.6) is 0 Å². The van der Waals surface area contributed by atoms with Gasteiger partial charge in [-0.1, -0.05) is 44.1 Å². The van der Waals surface area contributed by atoms with Gasteiger partial charge < -0.3 is 0 Å². The maximum Gasteiger partial charge on any atom is 0.0259 e. The third-order valence-electron chi connectivity index (χ3n) is 4.36. The lowest BCUT2D eigenvalue weighted by Crippen LogP contribution is -2.26. The number of hydrogen-bond acceptors (Lipinski definition) is 1. The van der Waals surface area contributed by atoms with Gasteiger partial charge in [0.25, 0.3) is 0 Å². The molecule has 1 aliphatic carbocycles. The summed E-state index contributed by atoms with van der Waals surface area (Å²) in [7, 11) is 0. The van der Waals surface area contributed by atoms with Crippen LogP contribution in [0.1, 0.15) is 65.2 Å². The molecule has 1 nitrogen and oxygen atoms in total. The first-order chi connectivity index (χ1) is 7.79. The molecule has 0 radical (unpaired) electrons. The molecule has 1 fully saturated rings. The first kappa shape index (κ1) is 11.9. The number of allylic oxidation sites excluding steroid dienone is 1. The largest absolute Gasteiger partial charge is 0.266 e. The van der Waals surface area contributed by atoms with Crippen LogP contribution in [0.3, 0.4) is 0 Å². The molecular weight excluding hydrogens is 194 g/mol. The summed E-state index contributed by atoms with van der Waals surface area (Å²) < 4.78 is 0. The van der Waals surface area contributed by atoms with Gasteiger partial charge in [0.15, 0.2) is 0 Å². The van der Waals surface area contributed by atoms with Gasteiger partial charge in [-0.15, -0.1) is 0 Å². The lowest BCUT2D eigenvalue weighted by Gasteiger charge is -2.31. The molecule has 0 amide bonds. The molecule has 1 heteroatoms. The van der Waals surface area contributed by atoms with Gasteiger partial charge in [-0.05, 0) is 32.6 Å². The molecule has 0 saturated heterocycles. The molecule has 2 aliphatic rings. The van der Waals surface area contributed by atoms with Crippen molar-refractivity contribution in [3.8, 4) is 0 Å². The molecule has 90 valence electrons. The zero-order valence-corrected chi connectivity index (χ0v) is 10.8. The number of fused-ring (bicyclic) bond motifs is 1. The van der Waals surface area contributed by atoms with E-state index in [9.17, 15) is 0 Å². The molecular formula is C15H25N. The van der Waals surface area contributed by atoms with Crippen LogP contribution in [0.15, 0.2) is 16.8 Å². The van der Waals surface area contributed by atoms with E-state index in [0.717, 1.165) is 11.8 Å². The Bertz CT molecular complexity index is 258. The van der Waals surface area contributed by atoms with Crippen molar-refractivity contribution < 1.29 is 0 Å². The van der Waals surface area contributed by atoms with E-state index in [1.165, 1.54) is 62.7 Å². The lowest BCUT2D eigenvalue weighted by atomic mass is 9.76. The SMILES string of the molecule is CC1=CN=C(C)C2CCCCCCCCC12. The summed E-state index contributed by atoms with van der Waals surface area (Å²) in [6.45, 7) is 4.51. The van der Waals surface area contributed by atoms with Crippen LogP contribution >= 0.6 is 0 Å². The average Bonchev–Trinajstić information content (AvgIpc) is 2.30. The fourth-order valence-electron chi connectivity index (χ4n) is 3.28. The number of aliphatic imine (C=N–C) groups is 1. The minimum absolute atomic E-state index is 0.753. The van der Waals surface area contributed by atoms with Crippen LogP contribution in [0.4, 0.5) is 0 Å². The van der Waals surface area contributed by atoms with Gasteiger partial charge in [0.2, 0.25) is 0 Å². The number of nitrogens with zero attached hydrogens (tertiary/aromatic N) is 1. The van der Waals surface area contributed by atoms with Crippen LogP contribution in [0.25, 0.3) is 0 Å². The van der Waals surface area contributed by atoms with Gasteiger partial charge >= 0.3 is 0 Å². The third-order valence-corrected chi connectivity index (χ3v) is 4.36. The summed E-state index contributed by atoms with van der Waals surface area (Å²) in [5.41, 5.74) is 2.91. The maximum absolute atomic E-state index is 4.58. The summed E-state index contributed by atoms with van der Waals surface area (Å²) in [5, 5.41) is 0. The highest BCUT2D eigenvalue weighted by Gasteiger charge is 2.27. The molecule has 0 aromatic heterocycles. The Labute approximate surface area is 100 Å². The van der Waals surface area contributed by atoms with Crippen molar-refractivity contribution in [2.75, 3.05) is 0 Å².